The van der Waals surface area contributed by atoms with Gasteiger partial charge in [-0.15, -0.1) is 10.2 Å². The van der Waals surface area contributed by atoms with Crippen LogP contribution in [0.5, 0.6) is 0 Å². The number of imidazole rings is 1. The van der Waals surface area contributed by atoms with Gasteiger partial charge in [0.05, 0.1) is 12.1 Å². The van der Waals surface area contributed by atoms with Crippen LogP contribution in [0.2, 0.25) is 0 Å². The highest BCUT2D eigenvalue weighted by atomic mass is 19.4. The summed E-state index contributed by atoms with van der Waals surface area (Å²) in [6.45, 7) is 4.11. The van der Waals surface area contributed by atoms with Crippen molar-refractivity contribution in [3.8, 4) is 28.3 Å². The van der Waals surface area contributed by atoms with Gasteiger partial charge < -0.3 is 4.57 Å². The molecule has 0 spiro atoms. The summed E-state index contributed by atoms with van der Waals surface area (Å²) >= 11 is 0. The van der Waals surface area contributed by atoms with Crippen molar-refractivity contribution in [1.82, 2.24) is 39.3 Å². The Balaban J connectivity index is 1.65. The van der Waals surface area contributed by atoms with Gasteiger partial charge in [0, 0.05) is 42.6 Å². The van der Waals surface area contributed by atoms with E-state index >= 15 is 0 Å². The van der Waals surface area contributed by atoms with Gasteiger partial charge in [0.2, 0.25) is 5.82 Å². The average Bonchev–Trinajstić information content (AvgIpc) is 3.71. The minimum atomic E-state index is -5.08. The molecule has 0 fully saturated rings. The molecule has 1 aromatic carbocycles. The summed E-state index contributed by atoms with van der Waals surface area (Å²) in [6, 6.07) is 10.4. The van der Waals surface area contributed by atoms with Crippen LogP contribution in [0.1, 0.15) is 48.3 Å². The number of tetrazole rings is 1. The van der Waals surface area contributed by atoms with E-state index in [2.05, 4.69) is 25.6 Å². The number of H-pyrrole nitrogens is 1. The number of carbonyl (C=O) groups is 1. The highest BCUT2D eigenvalue weighted by molar-refractivity contribution is 6.03. The van der Waals surface area contributed by atoms with E-state index in [9.17, 15) is 22.8 Å². The Kier molecular flexibility index (Phi) is 7.68. The van der Waals surface area contributed by atoms with E-state index in [0.29, 0.717) is 23.5 Å². The fraction of sp³-hybridized carbons (Fsp3) is 0.286. The van der Waals surface area contributed by atoms with E-state index in [1.54, 1.807) is 19.3 Å². The number of Topliss-reactive ketones (excluding diaryl/α,β-unsaturated/α-hetero) is 1. The molecule has 212 valence electrons. The third-order valence-corrected chi connectivity index (χ3v) is 6.89. The van der Waals surface area contributed by atoms with Crippen LogP contribution in [0.25, 0.3) is 28.3 Å². The SMILES string of the molecule is CCCCc1cn(-c2c(C(=O)C(F)(F)F)ccn2CC)c(=O)n1Cc1cnccc1-c1ccccc1-c1nn[nH]n1. The number of hydrogen-bond donors (Lipinski definition) is 1. The number of aryl methyl sites for hydroxylation is 2. The molecule has 4 heterocycles. The molecule has 41 heavy (non-hydrogen) atoms. The Labute approximate surface area is 232 Å². The minimum Gasteiger partial charge on any atom is -0.334 e. The number of hydrogen-bond acceptors (Lipinski definition) is 6. The van der Waals surface area contributed by atoms with E-state index in [4.69, 9.17) is 0 Å². The van der Waals surface area contributed by atoms with Crippen LogP contribution >= 0.6 is 0 Å². The van der Waals surface area contributed by atoms with Gasteiger partial charge in [-0.3, -0.25) is 18.9 Å². The molecule has 0 atom stereocenters. The van der Waals surface area contributed by atoms with Crippen LogP contribution in [0, 0.1) is 0 Å². The van der Waals surface area contributed by atoms with E-state index in [1.165, 1.54) is 21.5 Å². The maximum absolute atomic E-state index is 13.9. The van der Waals surface area contributed by atoms with Crippen molar-refractivity contribution in [2.45, 2.75) is 52.4 Å². The second-order valence-corrected chi connectivity index (χ2v) is 9.44. The molecule has 4 aromatic heterocycles. The molecule has 0 radical (unpaired) electrons. The minimum absolute atomic E-state index is 0.101. The van der Waals surface area contributed by atoms with Gasteiger partial charge in [-0.25, -0.2) is 4.79 Å². The molecule has 0 aliphatic carbocycles. The molecule has 0 saturated heterocycles. The number of alkyl halides is 3. The molecule has 0 saturated carbocycles. The molecule has 13 heteroatoms. The summed E-state index contributed by atoms with van der Waals surface area (Å²) in [5, 5.41) is 14.3. The van der Waals surface area contributed by atoms with Crippen molar-refractivity contribution in [3.63, 3.8) is 0 Å². The lowest BCUT2D eigenvalue weighted by atomic mass is 9.96. The maximum Gasteiger partial charge on any atom is 0.455 e. The zero-order chi connectivity index (χ0) is 29.1. The van der Waals surface area contributed by atoms with Gasteiger partial charge in [0.25, 0.3) is 5.78 Å². The van der Waals surface area contributed by atoms with Crippen LogP contribution in [0.15, 0.2) is 66.0 Å². The highest BCUT2D eigenvalue weighted by Crippen LogP contribution is 2.32. The summed E-state index contributed by atoms with van der Waals surface area (Å²) in [7, 11) is 0. The summed E-state index contributed by atoms with van der Waals surface area (Å²) < 4.78 is 44.5. The number of nitrogens with zero attached hydrogens (tertiary/aromatic N) is 7. The third kappa shape index (κ3) is 5.34. The summed E-state index contributed by atoms with van der Waals surface area (Å²) in [6.07, 6.45) is 3.26. The molecule has 0 aliphatic heterocycles. The van der Waals surface area contributed by atoms with E-state index in [1.807, 2.05) is 37.3 Å². The van der Waals surface area contributed by atoms with Gasteiger partial charge in [-0.1, -0.05) is 37.6 Å². The third-order valence-electron chi connectivity index (χ3n) is 6.89. The average molecular weight is 565 g/mol. The van der Waals surface area contributed by atoms with Gasteiger partial charge in [-0.05, 0) is 53.8 Å². The van der Waals surface area contributed by atoms with Gasteiger partial charge in [0.1, 0.15) is 5.82 Å². The predicted molar refractivity (Wildman–Crippen MR) is 145 cm³/mol. The largest absolute Gasteiger partial charge is 0.455 e. The van der Waals surface area contributed by atoms with Crippen LogP contribution in [-0.4, -0.2) is 51.3 Å². The number of nitrogens with one attached hydrogen (secondary N) is 1. The Morgan fingerprint density at radius 1 is 1.05 bits per heavy atom. The lowest BCUT2D eigenvalue weighted by Gasteiger charge is -2.14. The topological polar surface area (TPSA) is 116 Å². The standard InChI is InChI=1S/C28H27F3N8O2/c1-3-5-8-19-17-39(26-23(12-14-37(26)4-2)24(40)28(29,30)31)27(41)38(19)16-18-15-32-13-11-20(18)21-9-6-7-10-22(21)25-33-35-36-34-25/h6-7,9-15,17H,3-5,8,16H2,1-2H3,(H,33,34,35,36). The smallest absolute Gasteiger partial charge is 0.334 e. The van der Waals surface area contributed by atoms with Crippen LogP contribution < -0.4 is 5.69 Å². The quantitative estimate of drug-likeness (QED) is 0.243. The second kappa shape index (κ2) is 11.4. The lowest BCUT2D eigenvalue weighted by molar-refractivity contribution is -0.0885. The Morgan fingerprint density at radius 3 is 2.51 bits per heavy atom. The van der Waals surface area contributed by atoms with E-state index in [-0.39, 0.29) is 18.9 Å². The number of benzene rings is 1. The number of carbonyl (C=O) groups excluding carboxylic acids is 1. The number of aromatic amines is 1. The number of unbranched alkanes of at least 4 members (excludes halogenated alkanes) is 1. The normalized spacial score (nSPS) is 11.7. The Bertz CT molecular complexity index is 1730. The molecule has 5 rings (SSSR count). The van der Waals surface area contributed by atoms with Crippen LogP contribution in [0.4, 0.5) is 13.2 Å². The first-order valence-electron chi connectivity index (χ1n) is 13.1. The zero-order valence-electron chi connectivity index (χ0n) is 22.4. The Hall–Kier alpha value is -4.81. The van der Waals surface area contributed by atoms with Crippen molar-refractivity contribution in [2.75, 3.05) is 0 Å². The lowest BCUT2D eigenvalue weighted by Crippen LogP contribution is -2.29. The fourth-order valence-electron chi connectivity index (χ4n) is 4.90. The van der Waals surface area contributed by atoms with Gasteiger partial charge >= 0.3 is 11.9 Å². The monoisotopic (exact) mass is 564 g/mol. The summed E-state index contributed by atoms with van der Waals surface area (Å²) in [4.78, 5) is 30.5. The number of aromatic nitrogens is 8. The molecule has 0 bridgehead atoms. The maximum atomic E-state index is 13.9. The molecule has 5 aromatic rings. The van der Waals surface area contributed by atoms with Crippen LogP contribution in [0.3, 0.4) is 0 Å². The molecule has 0 unspecified atom stereocenters. The van der Waals surface area contributed by atoms with Crippen LogP contribution in [-0.2, 0) is 19.5 Å². The highest BCUT2D eigenvalue weighted by Gasteiger charge is 2.42. The molecule has 1 N–H and O–H groups in total. The van der Waals surface area contributed by atoms with E-state index in [0.717, 1.165) is 40.2 Å². The van der Waals surface area contributed by atoms with Crippen molar-refractivity contribution >= 4 is 5.78 Å². The van der Waals surface area contributed by atoms with Gasteiger partial charge in [-0.2, -0.15) is 18.4 Å². The zero-order valence-corrected chi connectivity index (χ0v) is 22.4. The summed E-state index contributed by atoms with van der Waals surface area (Å²) in [5.74, 6) is -1.70. The first kappa shape index (κ1) is 27.7. The van der Waals surface area contributed by atoms with Crippen molar-refractivity contribution in [3.05, 3.63) is 88.5 Å². The molecular formula is C28H27F3N8O2. The molecule has 10 nitrogen and oxygen atoms in total. The number of rotatable bonds is 10. The van der Waals surface area contributed by atoms with Crippen molar-refractivity contribution in [2.24, 2.45) is 0 Å². The summed E-state index contributed by atoms with van der Waals surface area (Å²) in [5.41, 5.74) is 2.52. The van der Waals surface area contributed by atoms with E-state index < -0.39 is 23.2 Å². The second-order valence-electron chi connectivity index (χ2n) is 9.44. The first-order chi connectivity index (χ1) is 19.7. The molecule has 0 aliphatic rings. The first-order valence-corrected chi connectivity index (χ1v) is 13.1. The number of pyridine rings is 1. The predicted octanol–water partition coefficient (Wildman–Crippen LogP) is 4.84. The Morgan fingerprint density at radius 2 is 1.83 bits per heavy atom. The number of ketones is 1. The molecular weight excluding hydrogens is 537 g/mol. The van der Waals surface area contributed by atoms with Crippen molar-refractivity contribution in [1.29, 1.82) is 0 Å². The number of halogens is 3. The fourth-order valence-corrected chi connectivity index (χ4v) is 4.90. The molecule has 0 amide bonds. The van der Waals surface area contributed by atoms with Crippen molar-refractivity contribution < 1.29 is 18.0 Å². The van der Waals surface area contributed by atoms with Gasteiger partial charge in [0.15, 0.2) is 0 Å².